The van der Waals surface area contributed by atoms with Crippen LogP contribution in [-0.4, -0.2) is 121 Å². The summed E-state index contributed by atoms with van der Waals surface area (Å²) >= 11 is 0. The van der Waals surface area contributed by atoms with E-state index in [9.17, 15) is 40.2 Å². The number of hydrogen-bond donors (Lipinski definition) is 6. The molecule has 2 aliphatic heterocycles. The van der Waals surface area contributed by atoms with Gasteiger partial charge in [0.1, 0.15) is 17.8 Å². The lowest BCUT2D eigenvalue weighted by atomic mass is 9.73. The Balaban J connectivity index is 1.96. The van der Waals surface area contributed by atoms with E-state index in [1.165, 1.54) is 20.8 Å². The first kappa shape index (κ1) is 40.1. The van der Waals surface area contributed by atoms with Crippen molar-refractivity contribution in [2.75, 3.05) is 7.05 Å². The summed E-state index contributed by atoms with van der Waals surface area (Å²) in [7, 11) is 1.69. The highest BCUT2D eigenvalue weighted by Gasteiger charge is 2.51. The number of esters is 1. The molecule has 0 aromatic carbocycles. The molecule has 1 aliphatic carbocycles. The summed E-state index contributed by atoms with van der Waals surface area (Å²) in [5.41, 5.74) is -3.66. The van der Waals surface area contributed by atoms with Crippen LogP contribution in [0.1, 0.15) is 107 Å². The Morgan fingerprint density at radius 2 is 1.53 bits per heavy atom. The van der Waals surface area contributed by atoms with E-state index in [-0.39, 0.29) is 24.7 Å². The van der Waals surface area contributed by atoms with Gasteiger partial charge in [0.2, 0.25) is 5.91 Å². The van der Waals surface area contributed by atoms with Crippen LogP contribution >= 0.6 is 0 Å². The lowest BCUT2D eigenvalue weighted by Gasteiger charge is -2.48. The van der Waals surface area contributed by atoms with Gasteiger partial charge in [0.15, 0.2) is 6.29 Å². The molecule has 3 rings (SSSR count). The minimum Gasteiger partial charge on any atom is -0.459 e. The fraction of sp³-hybridized carbons (Fsp3) is 0.943. The predicted molar refractivity (Wildman–Crippen MR) is 174 cm³/mol. The maximum atomic E-state index is 13.4. The largest absolute Gasteiger partial charge is 0.459 e. The molecule has 1 unspecified atom stereocenters. The van der Waals surface area contributed by atoms with Gasteiger partial charge in [-0.3, -0.25) is 9.59 Å². The zero-order valence-corrected chi connectivity index (χ0v) is 29.9. The first-order valence-electron chi connectivity index (χ1n) is 17.7. The summed E-state index contributed by atoms with van der Waals surface area (Å²) in [4.78, 5) is 28.4. The maximum absolute atomic E-state index is 13.4. The van der Waals surface area contributed by atoms with Gasteiger partial charge < -0.3 is 49.7 Å². The number of aliphatic hydroxyl groups excluding tert-OH is 4. The molecule has 3 fully saturated rings. The van der Waals surface area contributed by atoms with Crippen molar-refractivity contribution >= 4 is 11.9 Å². The van der Waals surface area contributed by atoms with Crippen LogP contribution in [-0.2, 0) is 23.8 Å². The van der Waals surface area contributed by atoms with Gasteiger partial charge in [-0.2, -0.15) is 0 Å². The number of amides is 1. The van der Waals surface area contributed by atoms with Crippen LogP contribution in [0.15, 0.2) is 0 Å². The van der Waals surface area contributed by atoms with Gasteiger partial charge in [-0.1, -0.05) is 47.0 Å². The van der Waals surface area contributed by atoms with Crippen LogP contribution in [0.3, 0.4) is 0 Å². The zero-order valence-electron chi connectivity index (χ0n) is 29.9. The number of ether oxygens (including phenoxy) is 3. The van der Waals surface area contributed by atoms with Crippen molar-refractivity contribution in [1.82, 2.24) is 4.90 Å². The summed E-state index contributed by atoms with van der Waals surface area (Å²) in [6, 6.07) is -0.613. The van der Waals surface area contributed by atoms with E-state index in [2.05, 4.69) is 0 Å². The van der Waals surface area contributed by atoms with E-state index in [0.29, 0.717) is 6.42 Å². The van der Waals surface area contributed by atoms with Crippen LogP contribution in [0.4, 0.5) is 0 Å². The second kappa shape index (κ2) is 16.1. The first-order valence-corrected chi connectivity index (χ1v) is 17.7. The molecule has 47 heavy (non-hydrogen) atoms. The Morgan fingerprint density at radius 3 is 2.11 bits per heavy atom. The molecular formula is C35H63NO11. The Labute approximate surface area is 280 Å². The highest BCUT2D eigenvalue weighted by Crippen LogP contribution is 2.39. The van der Waals surface area contributed by atoms with Gasteiger partial charge in [-0.05, 0) is 65.7 Å². The molecule has 2 heterocycles. The molecule has 0 aromatic rings. The molecule has 15 atom stereocenters. The number of nitrogens with zero attached hydrogens (tertiary/aromatic N) is 1. The standard InChI is InChI=1S/C35H63NO11/c1-10-25-35(8,44)29(40)20(4)26(37)18(2)17-34(7,43)30(21(5)27(38)22(6)32(42)46-25)47-33-28(39)24(16-19(3)45-33)36(9)31(41)23-14-12-11-13-15-23/h18-30,33,37-40,43-44H,10-17H2,1-9H3/t18-,19-,20+,21+,22-,24+,25-,26+,27+,28-,29-,30-,33+,34?,35-/m1/s1. The highest BCUT2D eigenvalue weighted by molar-refractivity contribution is 5.79. The second-order valence-corrected chi connectivity index (χ2v) is 15.5. The van der Waals surface area contributed by atoms with Crippen LogP contribution in [0.2, 0.25) is 0 Å². The van der Waals surface area contributed by atoms with E-state index >= 15 is 0 Å². The first-order chi connectivity index (χ1) is 21.8. The number of hydrogen-bond acceptors (Lipinski definition) is 11. The quantitative estimate of drug-likeness (QED) is 0.235. The summed E-state index contributed by atoms with van der Waals surface area (Å²) in [5, 5.41) is 69.0. The fourth-order valence-electron chi connectivity index (χ4n) is 8.26. The smallest absolute Gasteiger partial charge is 0.311 e. The molecule has 6 N–H and O–H groups in total. The van der Waals surface area contributed by atoms with E-state index < -0.39 is 95.9 Å². The number of carbonyl (C=O) groups excluding carboxylic acids is 2. The molecule has 2 saturated heterocycles. The average Bonchev–Trinajstić information content (AvgIpc) is 3.03. The summed E-state index contributed by atoms with van der Waals surface area (Å²) < 4.78 is 18.1. The van der Waals surface area contributed by atoms with Crippen molar-refractivity contribution in [3.63, 3.8) is 0 Å². The third-order valence-corrected chi connectivity index (χ3v) is 11.4. The summed E-state index contributed by atoms with van der Waals surface area (Å²) in [6.07, 6.45) is -4.19. The third kappa shape index (κ3) is 8.86. The summed E-state index contributed by atoms with van der Waals surface area (Å²) in [6.45, 7) is 12.7. The minimum atomic E-state index is -1.91. The molecule has 12 nitrogen and oxygen atoms in total. The molecule has 0 aromatic heterocycles. The number of aliphatic hydroxyl groups is 6. The van der Waals surface area contributed by atoms with E-state index in [4.69, 9.17) is 14.2 Å². The van der Waals surface area contributed by atoms with Crippen molar-refractivity contribution < 1.29 is 54.4 Å². The number of cyclic esters (lactones) is 1. The van der Waals surface area contributed by atoms with Gasteiger partial charge in [0, 0.05) is 24.8 Å². The predicted octanol–water partition coefficient (Wildman–Crippen LogP) is 2.13. The van der Waals surface area contributed by atoms with Gasteiger partial charge in [-0.15, -0.1) is 0 Å². The lowest BCUT2D eigenvalue weighted by Crippen LogP contribution is -2.61. The van der Waals surface area contributed by atoms with Gasteiger partial charge in [-0.25, -0.2) is 0 Å². The lowest BCUT2D eigenvalue weighted by molar-refractivity contribution is -0.299. The van der Waals surface area contributed by atoms with Crippen molar-refractivity contribution in [2.45, 2.75) is 173 Å². The fourth-order valence-corrected chi connectivity index (χ4v) is 8.26. The molecule has 12 heteroatoms. The zero-order chi connectivity index (χ0) is 35.6. The normalized spacial score (nSPS) is 46.7. The highest BCUT2D eigenvalue weighted by atomic mass is 16.7. The SMILES string of the molecule is CC[C@H]1OC(=O)[C@H](C)[C@@H](O)[C@H](C)[C@@H](O[C@@H]2O[C@H](C)C[C@H](N(C)C(=O)C3CCCCC3)[C@H]2O)C(C)(O)C[C@@H](C)[C@H](O)[C@H](C)[C@@H](O)[C@]1(C)O. The Morgan fingerprint density at radius 1 is 0.936 bits per heavy atom. The molecule has 0 bridgehead atoms. The Bertz CT molecular complexity index is 1030. The minimum absolute atomic E-state index is 0.0220. The van der Waals surface area contributed by atoms with E-state index in [1.54, 1.807) is 39.6 Å². The van der Waals surface area contributed by atoms with E-state index in [1.807, 2.05) is 6.92 Å². The van der Waals surface area contributed by atoms with Crippen LogP contribution in [0.5, 0.6) is 0 Å². The Kier molecular flexibility index (Phi) is 13.7. The third-order valence-electron chi connectivity index (χ3n) is 11.4. The molecule has 274 valence electrons. The molecular weight excluding hydrogens is 610 g/mol. The van der Waals surface area contributed by atoms with Crippen LogP contribution < -0.4 is 0 Å². The number of carbonyl (C=O) groups is 2. The summed E-state index contributed by atoms with van der Waals surface area (Å²) in [5.74, 6) is -4.49. The topological polar surface area (TPSA) is 186 Å². The number of likely N-dealkylation sites (N-methyl/N-ethyl adjacent to an activating group) is 1. The molecule has 1 saturated carbocycles. The molecule has 1 amide bonds. The van der Waals surface area contributed by atoms with Crippen molar-refractivity contribution in [1.29, 1.82) is 0 Å². The van der Waals surface area contributed by atoms with Crippen molar-refractivity contribution in [3.8, 4) is 0 Å². The van der Waals surface area contributed by atoms with Crippen LogP contribution in [0, 0.1) is 29.6 Å². The number of rotatable bonds is 5. The van der Waals surface area contributed by atoms with Gasteiger partial charge >= 0.3 is 5.97 Å². The molecule has 0 spiro atoms. The monoisotopic (exact) mass is 673 g/mol. The molecule has 3 aliphatic rings. The van der Waals surface area contributed by atoms with E-state index in [0.717, 1.165) is 32.1 Å². The van der Waals surface area contributed by atoms with Crippen LogP contribution in [0.25, 0.3) is 0 Å². The molecule has 0 radical (unpaired) electrons. The maximum Gasteiger partial charge on any atom is 0.311 e. The second-order valence-electron chi connectivity index (χ2n) is 15.5. The van der Waals surface area contributed by atoms with Gasteiger partial charge in [0.05, 0.1) is 48.1 Å². The Hall–Kier alpha value is -1.38. The van der Waals surface area contributed by atoms with Crippen molar-refractivity contribution in [2.24, 2.45) is 29.6 Å². The van der Waals surface area contributed by atoms with Crippen molar-refractivity contribution in [3.05, 3.63) is 0 Å². The van der Waals surface area contributed by atoms with Gasteiger partial charge in [0.25, 0.3) is 0 Å². The average molecular weight is 674 g/mol.